The van der Waals surface area contributed by atoms with E-state index in [2.05, 4.69) is 20.2 Å². The molecular weight excluding hydrogens is 392 g/mol. The van der Waals surface area contributed by atoms with E-state index in [-0.39, 0.29) is 17.9 Å². The van der Waals surface area contributed by atoms with E-state index in [9.17, 15) is 4.79 Å². The summed E-state index contributed by atoms with van der Waals surface area (Å²) in [5.74, 6) is 1.25. The van der Waals surface area contributed by atoms with Crippen LogP contribution in [0.4, 0.5) is 11.6 Å². The second-order valence-corrected chi connectivity index (χ2v) is 7.82. The van der Waals surface area contributed by atoms with Gasteiger partial charge in [-0.3, -0.25) is 4.79 Å². The Labute approximate surface area is 175 Å². The second-order valence-electron chi connectivity index (χ2n) is 7.39. The third-order valence-corrected chi connectivity index (χ3v) is 5.58. The molecule has 29 heavy (non-hydrogen) atoms. The fourth-order valence-electron chi connectivity index (χ4n) is 3.72. The molecule has 2 aliphatic heterocycles. The average molecular weight is 417 g/mol. The maximum atomic E-state index is 12.9. The minimum absolute atomic E-state index is 0.0112. The largest absolute Gasteiger partial charge is 0.489 e. The van der Waals surface area contributed by atoms with Gasteiger partial charge in [-0.15, -0.1) is 0 Å². The number of amides is 1. The highest BCUT2D eigenvalue weighted by atomic mass is 35.5. The second kappa shape index (κ2) is 9.41. The summed E-state index contributed by atoms with van der Waals surface area (Å²) in [4.78, 5) is 23.5. The van der Waals surface area contributed by atoms with Crippen LogP contribution in [0.1, 0.15) is 25.7 Å². The quantitative estimate of drug-likeness (QED) is 0.776. The van der Waals surface area contributed by atoms with Crippen LogP contribution < -0.4 is 15.0 Å². The van der Waals surface area contributed by atoms with Gasteiger partial charge in [-0.1, -0.05) is 11.6 Å². The zero-order chi connectivity index (χ0) is 20.1. The number of aromatic nitrogens is 2. The molecule has 154 valence electrons. The first-order valence-corrected chi connectivity index (χ1v) is 10.4. The number of ether oxygens (including phenoxy) is 2. The van der Waals surface area contributed by atoms with Crippen LogP contribution in [0.2, 0.25) is 5.02 Å². The van der Waals surface area contributed by atoms with Crippen molar-refractivity contribution >= 4 is 29.1 Å². The molecule has 0 spiro atoms. The lowest BCUT2D eigenvalue weighted by Gasteiger charge is -2.31. The van der Waals surface area contributed by atoms with Gasteiger partial charge in [-0.2, -0.15) is 0 Å². The van der Waals surface area contributed by atoms with Gasteiger partial charge in [0.15, 0.2) is 0 Å². The Morgan fingerprint density at radius 3 is 2.76 bits per heavy atom. The van der Waals surface area contributed by atoms with E-state index in [0.717, 1.165) is 45.4 Å². The number of carbonyl (C=O) groups is 1. The Morgan fingerprint density at radius 1 is 1.24 bits per heavy atom. The summed E-state index contributed by atoms with van der Waals surface area (Å²) in [5, 5.41) is 3.57. The Morgan fingerprint density at radius 2 is 2.03 bits per heavy atom. The molecule has 7 nitrogen and oxygen atoms in total. The molecule has 1 amide bonds. The molecule has 1 unspecified atom stereocenters. The lowest BCUT2D eigenvalue weighted by molar-refractivity contribution is -0.120. The van der Waals surface area contributed by atoms with Gasteiger partial charge in [0.2, 0.25) is 11.9 Å². The lowest BCUT2D eigenvalue weighted by atomic mass is 9.96. The van der Waals surface area contributed by atoms with Gasteiger partial charge in [-0.25, -0.2) is 9.97 Å². The normalized spacial score (nSPS) is 19.9. The molecule has 1 aromatic carbocycles. The summed E-state index contributed by atoms with van der Waals surface area (Å²) >= 11 is 6.15. The molecule has 1 aromatic heterocycles. The highest BCUT2D eigenvalue weighted by molar-refractivity contribution is 6.31. The van der Waals surface area contributed by atoms with Gasteiger partial charge < -0.3 is 19.7 Å². The molecule has 3 heterocycles. The van der Waals surface area contributed by atoms with Gasteiger partial charge in [0, 0.05) is 43.0 Å². The van der Waals surface area contributed by atoms with E-state index in [4.69, 9.17) is 21.1 Å². The van der Waals surface area contributed by atoms with E-state index in [1.807, 2.05) is 0 Å². The van der Waals surface area contributed by atoms with Crippen molar-refractivity contribution in [3.63, 3.8) is 0 Å². The average Bonchev–Trinajstić information content (AvgIpc) is 3.28. The van der Waals surface area contributed by atoms with E-state index in [0.29, 0.717) is 29.0 Å². The van der Waals surface area contributed by atoms with Crippen LogP contribution in [0.5, 0.6) is 5.75 Å². The van der Waals surface area contributed by atoms with E-state index >= 15 is 0 Å². The van der Waals surface area contributed by atoms with Crippen molar-refractivity contribution in [1.29, 1.82) is 0 Å². The smallest absolute Gasteiger partial charge is 0.227 e. The van der Waals surface area contributed by atoms with Crippen LogP contribution in [0.15, 0.2) is 36.7 Å². The van der Waals surface area contributed by atoms with Crippen LogP contribution in [-0.4, -0.2) is 48.3 Å². The van der Waals surface area contributed by atoms with Crippen molar-refractivity contribution in [3.05, 3.63) is 41.7 Å². The Hall–Kier alpha value is -2.38. The fourth-order valence-corrected chi connectivity index (χ4v) is 3.89. The number of nitrogens with zero attached hydrogens (tertiary/aromatic N) is 3. The molecule has 2 aliphatic rings. The third-order valence-electron chi connectivity index (χ3n) is 5.35. The number of hydrogen-bond acceptors (Lipinski definition) is 6. The zero-order valence-corrected chi connectivity index (χ0v) is 17.0. The molecule has 2 fully saturated rings. The van der Waals surface area contributed by atoms with Crippen LogP contribution in [-0.2, 0) is 9.53 Å². The summed E-state index contributed by atoms with van der Waals surface area (Å²) < 4.78 is 11.5. The summed E-state index contributed by atoms with van der Waals surface area (Å²) in [5.41, 5.74) is 0.606. The summed E-state index contributed by atoms with van der Waals surface area (Å²) in [6, 6.07) is 7.09. The van der Waals surface area contributed by atoms with Gasteiger partial charge in [0.25, 0.3) is 0 Å². The number of halogens is 1. The number of rotatable bonds is 6. The molecule has 0 saturated carbocycles. The van der Waals surface area contributed by atoms with Gasteiger partial charge in [-0.05, 0) is 49.9 Å². The molecule has 1 atom stereocenters. The highest BCUT2D eigenvalue weighted by Crippen LogP contribution is 2.30. The van der Waals surface area contributed by atoms with Crippen molar-refractivity contribution in [2.75, 3.05) is 36.5 Å². The van der Waals surface area contributed by atoms with Crippen molar-refractivity contribution in [1.82, 2.24) is 9.97 Å². The molecule has 1 N–H and O–H groups in total. The molecule has 0 bridgehead atoms. The Kier molecular flexibility index (Phi) is 6.46. The monoisotopic (exact) mass is 416 g/mol. The predicted octanol–water partition coefficient (Wildman–Crippen LogP) is 3.54. The first-order chi connectivity index (χ1) is 14.2. The highest BCUT2D eigenvalue weighted by Gasteiger charge is 2.27. The van der Waals surface area contributed by atoms with Gasteiger partial charge >= 0.3 is 0 Å². The van der Waals surface area contributed by atoms with Crippen LogP contribution in [0, 0.1) is 5.92 Å². The molecule has 2 saturated heterocycles. The van der Waals surface area contributed by atoms with Crippen molar-refractivity contribution in [3.8, 4) is 5.75 Å². The van der Waals surface area contributed by atoms with E-state index < -0.39 is 0 Å². The molecule has 0 aliphatic carbocycles. The van der Waals surface area contributed by atoms with Gasteiger partial charge in [0.05, 0.1) is 11.8 Å². The lowest BCUT2D eigenvalue weighted by Crippen LogP contribution is -2.39. The van der Waals surface area contributed by atoms with Gasteiger partial charge in [0.1, 0.15) is 12.4 Å². The molecule has 0 radical (unpaired) electrons. The SMILES string of the molecule is O=C(Nc1cc(Cl)ccc1OCC1CCCO1)C1CCN(c2ncccn2)CC1. The van der Waals surface area contributed by atoms with Crippen molar-refractivity contribution in [2.24, 2.45) is 5.92 Å². The zero-order valence-electron chi connectivity index (χ0n) is 16.2. The van der Waals surface area contributed by atoms with E-state index in [1.54, 1.807) is 36.7 Å². The van der Waals surface area contributed by atoms with E-state index in [1.165, 1.54) is 0 Å². The maximum Gasteiger partial charge on any atom is 0.227 e. The van der Waals surface area contributed by atoms with Crippen LogP contribution in [0.3, 0.4) is 0 Å². The predicted molar refractivity (Wildman–Crippen MR) is 112 cm³/mol. The number of anilines is 2. The number of benzene rings is 1. The first-order valence-electron chi connectivity index (χ1n) is 10.1. The van der Waals surface area contributed by atoms with Crippen molar-refractivity contribution < 1.29 is 14.3 Å². The molecule has 4 rings (SSSR count). The number of carbonyl (C=O) groups excluding carboxylic acids is 1. The topological polar surface area (TPSA) is 76.6 Å². The molecule has 2 aromatic rings. The Balaban J connectivity index is 1.35. The first kappa shape index (κ1) is 19.9. The summed E-state index contributed by atoms with van der Waals surface area (Å²) in [6.45, 7) is 2.75. The standard InChI is InChI=1S/C21H25ClN4O3/c22-16-4-5-19(29-14-17-3-1-12-28-17)18(13-16)25-20(27)15-6-10-26(11-7-15)21-23-8-2-9-24-21/h2,4-5,8-9,13,15,17H,1,3,6-7,10-12,14H2,(H,25,27). The molecule has 8 heteroatoms. The summed E-state index contributed by atoms with van der Waals surface area (Å²) in [7, 11) is 0. The molecular formula is C21H25ClN4O3. The van der Waals surface area contributed by atoms with Crippen LogP contribution >= 0.6 is 11.6 Å². The van der Waals surface area contributed by atoms with Crippen molar-refractivity contribution in [2.45, 2.75) is 31.8 Å². The summed E-state index contributed by atoms with van der Waals surface area (Å²) in [6.07, 6.45) is 7.13. The number of piperidine rings is 1. The number of hydrogen-bond donors (Lipinski definition) is 1. The Bertz CT molecular complexity index is 822. The maximum absolute atomic E-state index is 12.9. The third kappa shape index (κ3) is 5.16. The number of nitrogens with one attached hydrogen (secondary N) is 1. The fraction of sp³-hybridized carbons (Fsp3) is 0.476. The minimum Gasteiger partial charge on any atom is -0.489 e. The minimum atomic E-state index is -0.0695. The van der Waals surface area contributed by atoms with Crippen LogP contribution in [0.25, 0.3) is 0 Å².